The van der Waals surface area contributed by atoms with Crippen LogP contribution in [0.15, 0.2) is 65.1 Å². The van der Waals surface area contributed by atoms with E-state index < -0.39 is 0 Å². The van der Waals surface area contributed by atoms with Crippen LogP contribution < -0.4 is 11.0 Å². The molecular formula is C24H26N6O2S. The lowest BCUT2D eigenvalue weighted by Gasteiger charge is -2.19. The van der Waals surface area contributed by atoms with Gasteiger partial charge in [0, 0.05) is 17.8 Å². The van der Waals surface area contributed by atoms with E-state index in [1.807, 2.05) is 16.7 Å². The second kappa shape index (κ2) is 9.11. The highest BCUT2D eigenvalue weighted by atomic mass is 32.2. The van der Waals surface area contributed by atoms with E-state index >= 15 is 0 Å². The monoisotopic (exact) mass is 462 g/mol. The van der Waals surface area contributed by atoms with Gasteiger partial charge in [-0.2, -0.15) is 0 Å². The van der Waals surface area contributed by atoms with Gasteiger partial charge in [0.15, 0.2) is 11.0 Å². The Labute approximate surface area is 195 Å². The molecule has 0 aliphatic rings. The van der Waals surface area contributed by atoms with Crippen LogP contribution in [-0.4, -0.2) is 36.4 Å². The molecule has 3 N–H and O–H groups in total. The predicted molar refractivity (Wildman–Crippen MR) is 133 cm³/mol. The molecule has 0 unspecified atom stereocenters. The second-order valence-electron chi connectivity index (χ2n) is 8.71. The number of anilines is 1. The number of fused-ring (bicyclic) bond motifs is 1. The highest BCUT2D eigenvalue weighted by molar-refractivity contribution is 7.99. The largest absolute Gasteiger partial charge is 0.325 e. The van der Waals surface area contributed by atoms with E-state index in [0.29, 0.717) is 28.4 Å². The minimum absolute atomic E-state index is 0.0721. The van der Waals surface area contributed by atoms with Crippen molar-refractivity contribution in [2.75, 3.05) is 11.1 Å². The average molecular weight is 463 g/mol. The Morgan fingerprint density at radius 2 is 1.85 bits per heavy atom. The maximum absolute atomic E-state index is 12.5. The minimum Gasteiger partial charge on any atom is -0.325 e. The number of imidazole rings is 1. The predicted octanol–water partition coefficient (Wildman–Crippen LogP) is 4.33. The summed E-state index contributed by atoms with van der Waals surface area (Å²) in [5, 5.41) is 12.2. The van der Waals surface area contributed by atoms with Crippen molar-refractivity contribution in [1.82, 2.24) is 24.7 Å². The van der Waals surface area contributed by atoms with Crippen LogP contribution in [0.2, 0.25) is 0 Å². The van der Waals surface area contributed by atoms with Crippen molar-refractivity contribution in [2.45, 2.75) is 37.9 Å². The van der Waals surface area contributed by atoms with Crippen LogP contribution in [0.25, 0.3) is 22.4 Å². The van der Waals surface area contributed by atoms with Crippen LogP contribution in [0.5, 0.6) is 0 Å². The van der Waals surface area contributed by atoms with Crippen molar-refractivity contribution in [2.24, 2.45) is 0 Å². The Hall–Kier alpha value is -3.59. The molecule has 8 nitrogen and oxygen atoms in total. The topological polar surface area (TPSA) is 108 Å². The Morgan fingerprint density at radius 3 is 2.55 bits per heavy atom. The molecule has 4 rings (SSSR count). The molecule has 2 heterocycles. The summed E-state index contributed by atoms with van der Waals surface area (Å²) in [6, 6.07) is 13.5. The number of aromatic amines is 2. The van der Waals surface area contributed by atoms with Crippen LogP contribution in [-0.2, 0) is 16.8 Å². The van der Waals surface area contributed by atoms with Crippen molar-refractivity contribution < 1.29 is 4.79 Å². The normalized spacial score (nSPS) is 11.6. The lowest BCUT2D eigenvalue weighted by molar-refractivity contribution is -0.113. The number of hydrogen-bond acceptors (Lipinski definition) is 5. The number of aromatic nitrogens is 5. The van der Waals surface area contributed by atoms with Crippen molar-refractivity contribution >= 4 is 34.4 Å². The molecule has 0 bridgehead atoms. The summed E-state index contributed by atoms with van der Waals surface area (Å²) >= 11 is 1.31. The Balaban J connectivity index is 1.47. The number of thioether (sulfide) groups is 1. The number of hydrogen-bond donors (Lipinski definition) is 3. The van der Waals surface area contributed by atoms with Crippen LogP contribution in [0, 0.1) is 0 Å². The van der Waals surface area contributed by atoms with Crippen LogP contribution in [0.3, 0.4) is 0 Å². The lowest BCUT2D eigenvalue weighted by Crippen LogP contribution is -2.14. The van der Waals surface area contributed by atoms with Crippen molar-refractivity contribution in [3.63, 3.8) is 0 Å². The molecule has 2 aromatic carbocycles. The van der Waals surface area contributed by atoms with Gasteiger partial charge in [0.25, 0.3) is 0 Å². The number of carbonyl (C=O) groups excluding carboxylic acids is 1. The Kier molecular flexibility index (Phi) is 6.24. The molecule has 0 saturated heterocycles. The van der Waals surface area contributed by atoms with Gasteiger partial charge in [-0.1, -0.05) is 62.9 Å². The van der Waals surface area contributed by atoms with Gasteiger partial charge in [-0.25, -0.2) is 4.79 Å². The molecule has 170 valence electrons. The highest BCUT2D eigenvalue weighted by Gasteiger charge is 2.17. The van der Waals surface area contributed by atoms with Crippen LogP contribution in [0.1, 0.15) is 26.3 Å². The number of H-pyrrole nitrogens is 2. The Bertz CT molecular complexity index is 1360. The lowest BCUT2D eigenvalue weighted by atomic mass is 9.87. The van der Waals surface area contributed by atoms with Gasteiger partial charge in [0.1, 0.15) is 0 Å². The van der Waals surface area contributed by atoms with E-state index in [-0.39, 0.29) is 22.8 Å². The van der Waals surface area contributed by atoms with E-state index in [1.165, 1.54) is 17.3 Å². The standard InChI is InChI=1S/C24H26N6O2S/c1-5-12-30-21(15-6-8-16(9-7-15)24(2,3)4)28-29-23(30)33-14-20(31)25-17-10-11-18-19(13-17)27-22(32)26-18/h5-11,13H,1,12,14H2,2-4H3,(H,25,31)(H2,26,27,32). The number of amides is 1. The molecule has 33 heavy (non-hydrogen) atoms. The zero-order chi connectivity index (χ0) is 23.6. The fourth-order valence-corrected chi connectivity index (χ4v) is 4.21. The van der Waals surface area contributed by atoms with Gasteiger partial charge < -0.3 is 15.3 Å². The third kappa shape index (κ3) is 5.09. The molecular weight excluding hydrogens is 436 g/mol. The summed E-state index contributed by atoms with van der Waals surface area (Å²) in [4.78, 5) is 29.3. The second-order valence-corrected chi connectivity index (χ2v) is 9.65. The summed E-state index contributed by atoms with van der Waals surface area (Å²) in [6.07, 6.45) is 1.79. The minimum atomic E-state index is -0.283. The zero-order valence-electron chi connectivity index (χ0n) is 18.8. The van der Waals surface area contributed by atoms with Gasteiger partial charge in [0.05, 0.1) is 16.8 Å². The maximum atomic E-state index is 12.5. The number of rotatable bonds is 7. The number of allylic oxidation sites excluding steroid dienone is 1. The average Bonchev–Trinajstić information content (AvgIpc) is 3.34. The molecule has 0 spiro atoms. The van der Waals surface area contributed by atoms with Crippen molar-refractivity contribution in [3.8, 4) is 11.4 Å². The number of benzene rings is 2. The van der Waals surface area contributed by atoms with Gasteiger partial charge in [-0.3, -0.25) is 9.36 Å². The summed E-state index contributed by atoms with van der Waals surface area (Å²) < 4.78 is 1.95. The number of nitrogens with one attached hydrogen (secondary N) is 3. The molecule has 0 fully saturated rings. The molecule has 0 aliphatic heterocycles. The molecule has 2 aromatic heterocycles. The molecule has 1 amide bonds. The SMILES string of the molecule is C=CCn1c(SCC(=O)Nc2ccc3[nH]c(=O)[nH]c3c2)nnc1-c1ccc(C(C)(C)C)cc1. The molecule has 0 radical (unpaired) electrons. The molecule has 0 aliphatic carbocycles. The first-order valence-electron chi connectivity index (χ1n) is 10.5. The van der Waals surface area contributed by atoms with E-state index in [4.69, 9.17) is 0 Å². The molecule has 4 aromatic rings. The summed E-state index contributed by atoms with van der Waals surface area (Å²) in [6.45, 7) is 10.9. The van der Waals surface area contributed by atoms with Gasteiger partial charge >= 0.3 is 5.69 Å². The zero-order valence-corrected chi connectivity index (χ0v) is 19.6. The first-order valence-corrected chi connectivity index (χ1v) is 11.5. The van der Waals surface area contributed by atoms with E-state index in [0.717, 1.165) is 11.4 Å². The van der Waals surface area contributed by atoms with Gasteiger partial charge in [-0.05, 0) is 29.2 Å². The first kappa shape index (κ1) is 22.6. The van der Waals surface area contributed by atoms with E-state index in [9.17, 15) is 9.59 Å². The van der Waals surface area contributed by atoms with Crippen LogP contribution in [0.4, 0.5) is 5.69 Å². The molecule has 9 heteroatoms. The number of carbonyl (C=O) groups is 1. The first-order chi connectivity index (χ1) is 15.7. The van der Waals surface area contributed by atoms with Crippen molar-refractivity contribution in [1.29, 1.82) is 0 Å². The number of nitrogens with zero attached hydrogens (tertiary/aromatic N) is 3. The van der Waals surface area contributed by atoms with E-state index in [2.05, 4.69) is 65.0 Å². The van der Waals surface area contributed by atoms with Gasteiger partial charge in [0.2, 0.25) is 5.91 Å². The highest BCUT2D eigenvalue weighted by Crippen LogP contribution is 2.28. The molecule has 0 atom stereocenters. The molecule has 0 saturated carbocycles. The fourth-order valence-electron chi connectivity index (χ4n) is 3.46. The quantitative estimate of drug-likeness (QED) is 0.280. The van der Waals surface area contributed by atoms with Crippen molar-refractivity contribution in [3.05, 3.63) is 71.2 Å². The maximum Gasteiger partial charge on any atom is 0.323 e. The summed E-state index contributed by atoms with van der Waals surface area (Å²) in [7, 11) is 0. The van der Waals surface area contributed by atoms with E-state index in [1.54, 1.807) is 24.3 Å². The third-order valence-corrected chi connectivity index (χ3v) is 6.14. The fraction of sp³-hybridized carbons (Fsp3) is 0.250. The van der Waals surface area contributed by atoms with Gasteiger partial charge in [-0.15, -0.1) is 16.8 Å². The summed E-state index contributed by atoms with van der Waals surface area (Å²) in [5.74, 6) is 0.724. The van der Waals surface area contributed by atoms with Crippen LogP contribution >= 0.6 is 11.8 Å². The Morgan fingerprint density at radius 1 is 1.12 bits per heavy atom. The summed E-state index contributed by atoms with van der Waals surface area (Å²) in [5.41, 5.74) is 3.93. The smallest absolute Gasteiger partial charge is 0.323 e. The third-order valence-electron chi connectivity index (χ3n) is 5.17.